The lowest BCUT2D eigenvalue weighted by atomic mass is 9.88. The van der Waals surface area contributed by atoms with Crippen molar-refractivity contribution in [1.29, 1.82) is 0 Å². The van der Waals surface area contributed by atoms with Gasteiger partial charge in [-0.25, -0.2) is 0 Å². The van der Waals surface area contributed by atoms with E-state index in [1.807, 2.05) is 17.5 Å². The molecule has 26 heavy (non-hydrogen) atoms. The number of hydrogen-bond acceptors (Lipinski definition) is 6. The average molecular weight is 387 g/mol. The van der Waals surface area contributed by atoms with Crippen molar-refractivity contribution in [3.63, 3.8) is 0 Å². The van der Waals surface area contributed by atoms with Gasteiger partial charge in [0.1, 0.15) is 5.00 Å². The monoisotopic (exact) mass is 387 g/mol. The number of fused-ring (bicyclic) bond motifs is 1. The molecule has 0 spiro atoms. The summed E-state index contributed by atoms with van der Waals surface area (Å²) in [5.41, 5.74) is 7.17. The Morgan fingerprint density at radius 2 is 2.27 bits per heavy atom. The first kappa shape index (κ1) is 17.0. The summed E-state index contributed by atoms with van der Waals surface area (Å²) in [6, 6.07) is 5.39. The molecule has 2 amide bonds. The molecule has 1 aliphatic rings. The van der Waals surface area contributed by atoms with E-state index in [2.05, 4.69) is 17.4 Å². The van der Waals surface area contributed by atoms with Gasteiger partial charge < -0.3 is 15.6 Å². The molecule has 1 aliphatic carbocycles. The molecule has 6 nitrogen and oxygen atoms in total. The van der Waals surface area contributed by atoms with Crippen molar-refractivity contribution >= 4 is 39.5 Å². The molecule has 3 N–H and O–H groups in total. The molecule has 4 rings (SSSR count). The van der Waals surface area contributed by atoms with E-state index in [9.17, 15) is 9.59 Å². The van der Waals surface area contributed by atoms with Crippen LogP contribution in [0.1, 0.15) is 44.6 Å². The summed E-state index contributed by atoms with van der Waals surface area (Å²) in [6.45, 7) is 2.19. The largest absolute Gasteiger partial charge is 0.365 e. The minimum Gasteiger partial charge on any atom is -0.365 e. The molecule has 0 radical (unpaired) electrons. The summed E-state index contributed by atoms with van der Waals surface area (Å²) in [7, 11) is 0. The number of hydrogen-bond donors (Lipinski definition) is 2. The Morgan fingerprint density at radius 1 is 1.42 bits per heavy atom. The first-order chi connectivity index (χ1) is 12.5. The van der Waals surface area contributed by atoms with Crippen LogP contribution < -0.4 is 11.1 Å². The highest BCUT2D eigenvalue weighted by Crippen LogP contribution is 2.39. The van der Waals surface area contributed by atoms with E-state index >= 15 is 0 Å². The molecule has 0 fully saturated rings. The zero-order valence-corrected chi connectivity index (χ0v) is 15.7. The van der Waals surface area contributed by atoms with Gasteiger partial charge in [-0.15, -0.1) is 22.7 Å². The number of thiophene rings is 2. The van der Waals surface area contributed by atoms with Crippen molar-refractivity contribution in [3.05, 3.63) is 45.3 Å². The van der Waals surface area contributed by atoms with E-state index < -0.39 is 11.8 Å². The van der Waals surface area contributed by atoms with Gasteiger partial charge in [-0.2, -0.15) is 0 Å². The zero-order valence-electron chi connectivity index (χ0n) is 14.1. The summed E-state index contributed by atoms with van der Waals surface area (Å²) in [6.07, 6.45) is 2.74. The number of rotatable bonds is 4. The summed E-state index contributed by atoms with van der Waals surface area (Å²) >= 11 is 2.94. The SMILES string of the molecule is C[C@H]1CCc2c(sc(NC(=O)c3cc(-c4cccs4)on3)c2C(N)=O)C1. The number of carbonyl (C=O) groups is 2. The van der Waals surface area contributed by atoms with Gasteiger partial charge >= 0.3 is 0 Å². The number of primary amides is 1. The third kappa shape index (κ3) is 3.06. The predicted molar refractivity (Wildman–Crippen MR) is 102 cm³/mol. The number of carbonyl (C=O) groups excluding carboxylic acids is 2. The quantitative estimate of drug-likeness (QED) is 0.708. The average Bonchev–Trinajstić information content (AvgIpc) is 3.32. The number of nitrogens with one attached hydrogen (secondary N) is 1. The molecule has 1 atom stereocenters. The molecular weight excluding hydrogens is 370 g/mol. The van der Waals surface area contributed by atoms with Crippen LogP contribution in [0.15, 0.2) is 28.1 Å². The second-order valence-corrected chi connectivity index (χ2v) is 8.48. The summed E-state index contributed by atoms with van der Waals surface area (Å²) in [5, 5.41) is 9.07. The van der Waals surface area contributed by atoms with Gasteiger partial charge in [0.15, 0.2) is 11.5 Å². The summed E-state index contributed by atoms with van der Waals surface area (Å²) < 4.78 is 5.25. The zero-order chi connectivity index (χ0) is 18.3. The Bertz CT molecular complexity index is 972. The third-order valence-electron chi connectivity index (χ3n) is 4.49. The number of anilines is 1. The summed E-state index contributed by atoms with van der Waals surface area (Å²) in [4.78, 5) is 26.6. The van der Waals surface area contributed by atoms with E-state index in [1.54, 1.807) is 6.07 Å². The molecule has 3 aromatic heterocycles. The Labute approximate surface area is 158 Å². The van der Waals surface area contributed by atoms with Crippen LogP contribution >= 0.6 is 22.7 Å². The standard InChI is InChI=1S/C18H17N3O3S2/c1-9-4-5-10-14(7-9)26-18(15(10)16(19)22)20-17(23)11-8-12(24-21-11)13-3-2-6-25-13/h2-3,6,8-9H,4-5,7H2,1H3,(H2,19,22)(H,20,23)/t9-/m0/s1. The van der Waals surface area contributed by atoms with Crippen molar-refractivity contribution < 1.29 is 14.1 Å². The van der Waals surface area contributed by atoms with Gasteiger partial charge in [0.05, 0.1) is 10.4 Å². The minimum atomic E-state index is -0.508. The number of nitrogens with zero attached hydrogens (tertiary/aromatic N) is 1. The van der Waals surface area contributed by atoms with Crippen molar-refractivity contribution in [3.8, 4) is 10.6 Å². The highest BCUT2D eigenvalue weighted by Gasteiger charge is 2.28. The van der Waals surface area contributed by atoms with Crippen molar-refractivity contribution in [2.24, 2.45) is 11.7 Å². The maximum absolute atomic E-state index is 12.6. The fourth-order valence-electron chi connectivity index (χ4n) is 3.18. The molecule has 0 bridgehead atoms. The smallest absolute Gasteiger partial charge is 0.278 e. The molecule has 3 heterocycles. The Hall–Kier alpha value is -2.45. The Morgan fingerprint density at radius 3 is 3.00 bits per heavy atom. The van der Waals surface area contributed by atoms with Crippen LogP contribution in [0.2, 0.25) is 0 Å². The molecule has 134 valence electrons. The van der Waals surface area contributed by atoms with Crippen LogP contribution in [0.5, 0.6) is 0 Å². The van der Waals surface area contributed by atoms with Gasteiger partial charge in [-0.1, -0.05) is 18.1 Å². The van der Waals surface area contributed by atoms with Crippen molar-refractivity contribution in [2.45, 2.75) is 26.2 Å². The number of nitrogens with two attached hydrogens (primary N) is 1. The highest BCUT2D eigenvalue weighted by atomic mass is 32.1. The molecule has 0 aromatic carbocycles. The normalized spacial score (nSPS) is 16.3. The van der Waals surface area contributed by atoms with Gasteiger partial charge in [0, 0.05) is 10.9 Å². The first-order valence-corrected chi connectivity index (χ1v) is 9.99. The molecule has 0 unspecified atom stereocenters. The van der Waals surface area contributed by atoms with Crippen molar-refractivity contribution in [1.82, 2.24) is 5.16 Å². The van der Waals surface area contributed by atoms with Crippen LogP contribution in [0.4, 0.5) is 5.00 Å². The van der Waals surface area contributed by atoms with Gasteiger partial charge in [-0.3, -0.25) is 9.59 Å². The molecule has 0 saturated heterocycles. The molecule has 8 heteroatoms. The van der Waals surface area contributed by atoms with E-state index in [0.29, 0.717) is 22.2 Å². The lowest BCUT2D eigenvalue weighted by Crippen LogP contribution is -2.19. The van der Waals surface area contributed by atoms with E-state index in [-0.39, 0.29) is 5.69 Å². The van der Waals surface area contributed by atoms with Crippen LogP contribution in [-0.4, -0.2) is 17.0 Å². The summed E-state index contributed by atoms with van der Waals surface area (Å²) in [5.74, 6) is 0.186. The number of amides is 2. The van der Waals surface area contributed by atoms with Crippen LogP contribution in [-0.2, 0) is 12.8 Å². The maximum atomic E-state index is 12.6. The molecule has 3 aromatic rings. The Balaban J connectivity index is 1.61. The fraction of sp³-hybridized carbons (Fsp3) is 0.278. The topological polar surface area (TPSA) is 98.2 Å². The van der Waals surface area contributed by atoms with E-state index in [0.717, 1.165) is 34.6 Å². The fourth-order valence-corrected chi connectivity index (χ4v) is 5.27. The number of aromatic nitrogens is 1. The van der Waals surface area contributed by atoms with Crippen molar-refractivity contribution in [2.75, 3.05) is 5.32 Å². The van der Waals surface area contributed by atoms with Crippen LogP contribution in [0.25, 0.3) is 10.6 Å². The Kier molecular flexibility index (Phi) is 4.37. The van der Waals surface area contributed by atoms with Gasteiger partial charge in [0.25, 0.3) is 11.8 Å². The second-order valence-electron chi connectivity index (χ2n) is 6.43. The van der Waals surface area contributed by atoms with Gasteiger partial charge in [0.2, 0.25) is 0 Å². The highest BCUT2D eigenvalue weighted by molar-refractivity contribution is 7.17. The second kappa shape index (κ2) is 6.69. The van der Waals surface area contributed by atoms with Crippen LogP contribution in [0.3, 0.4) is 0 Å². The first-order valence-electron chi connectivity index (χ1n) is 8.29. The van der Waals surface area contributed by atoms with Crippen LogP contribution in [0, 0.1) is 5.92 Å². The maximum Gasteiger partial charge on any atom is 0.278 e. The molecule has 0 saturated carbocycles. The lowest BCUT2D eigenvalue weighted by molar-refractivity contribution is 0.1000. The molecular formula is C18H17N3O3S2. The van der Waals surface area contributed by atoms with E-state index in [4.69, 9.17) is 10.3 Å². The van der Waals surface area contributed by atoms with Gasteiger partial charge in [-0.05, 0) is 42.2 Å². The molecule has 0 aliphatic heterocycles. The lowest BCUT2D eigenvalue weighted by Gasteiger charge is -2.18. The van der Waals surface area contributed by atoms with E-state index in [1.165, 1.54) is 22.7 Å². The predicted octanol–water partition coefficient (Wildman–Crippen LogP) is 3.94. The third-order valence-corrected chi connectivity index (χ3v) is 6.55. The minimum absolute atomic E-state index is 0.170.